The molecule has 19 heavy (non-hydrogen) atoms. The van der Waals surface area contributed by atoms with E-state index >= 15 is 0 Å². The van der Waals surface area contributed by atoms with Crippen LogP contribution in [0.25, 0.3) is 11.3 Å². The number of anilines is 1. The van der Waals surface area contributed by atoms with Crippen LogP contribution in [0.15, 0.2) is 28.8 Å². The highest BCUT2D eigenvalue weighted by Crippen LogP contribution is 2.35. The lowest BCUT2D eigenvalue weighted by Crippen LogP contribution is -2.28. The van der Waals surface area contributed by atoms with Gasteiger partial charge in [-0.15, -0.1) is 0 Å². The molecule has 6 nitrogen and oxygen atoms in total. The van der Waals surface area contributed by atoms with Crippen molar-refractivity contribution >= 4 is 11.7 Å². The number of carboxylic acids is 1. The number of benzene rings is 1. The summed E-state index contributed by atoms with van der Waals surface area (Å²) in [6.45, 7) is 1.47. The van der Waals surface area contributed by atoms with Crippen molar-refractivity contribution < 1.29 is 19.2 Å². The van der Waals surface area contributed by atoms with Gasteiger partial charge in [-0.25, -0.2) is 4.79 Å². The van der Waals surface area contributed by atoms with E-state index in [9.17, 15) is 4.79 Å². The normalized spacial score (nSPS) is 13.8. The first-order chi connectivity index (χ1) is 9.15. The van der Waals surface area contributed by atoms with E-state index in [-0.39, 0.29) is 5.69 Å². The van der Waals surface area contributed by atoms with Crippen LogP contribution in [-0.4, -0.2) is 36.4 Å². The summed E-state index contributed by atoms with van der Waals surface area (Å²) >= 11 is 0. The van der Waals surface area contributed by atoms with E-state index in [1.807, 2.05) is 25.2 Å². The quantitative estimate of drug-likeness (QED) is 0.888. The first kappa shape index (κ1) is 11.6. The van der Waals surface area contributed by atoms with Crippen molar-refractivity contribution in [2.45, 2.75) is 0 Å². The molecule has 1 aliphatic heterocycles. The van der Waals surface area contributed by atoms with Gasteiger partial charge in [0.25, 0.3) is 0 Å². The first-order valence-corrected chi connectivity index (χ1v) is 5.83. The summed E-state index contributed by atoms with van der Waals surface area (Å²) < 4.78 is 10.6. The van der Waals surface area contributed by atoms with Crippen molar-refractivity contribution in [1.82, 2.24) is 5.16 Å². The fourth-order valence-electron chi connectivity index (χ4n) is 2.02. The van der Waals surface area contributed by atoms with Crippen molar-refractivity contribution in [3.05, 3.63) is 30.0 Å². The topological polar surface area (TPSA) is 75.8 Å². The summed E-state index contributed by atoms with van der Waals surface area (Å²) in [5.74, 6) is 0.0699. The van der Waals surface area contributed by atoms with Crippen molar-refractivity contribution in [3.8, 4) is 17.1 Å². The SMILES string of the molecule is CN1CCOc2cc(-c3cc(C(=O)O)no3)ccc21. The molecule has 1 aliphatic rings. The molecule has 0 bridgehead atoms. The first-order valence-electron chi connectivity index (χ1n) is 5.83. The summed E-state index contributed by atoms with van der Waals surface area (Å²) in [6, 6.07) is 7.01. The molecular formula is C13H12N2O4. The second-order valence-corrected chi connectivity index (χ2v) is 4.33. The third-order valence-electron chi connectivity index (χ3n) is 3.07. The van der Waals surface area contributed by atoms with E-state index in [4.69, 9.17) is 14.4 Å². The molecule has 1 aromatic heterocycles. The molecule has 0 spiro atoms. The highest BCUT2D eigenvalue weighted by Gasteiger charge is 2.18. The Hall–Kier alpha value is -2.50. The number of hydrogen-bond donors (Lipinski definition) is 1. The molecule has 0 saturated heterocycles. The third kappa shape index (κ3) is 2.01. The second kappa shape index (κ2) is 4.31. The molecule has 1 N–H and O–H groups in total. The van der Waals surface area contributed by atoms with E-state index in [1.54, 1.807) is 0 Å². The number of aromatic carboxylic acids is 1. The van der Waals surface area contributed by atoms with Gasteiger partial charge in [-0.3, -0.25) is 0 Å². The highest BCUT2D eigenvalue weighted by molar-refractivity contribution is 5.86. The van der Waals surface area contributed by atoms with Gasteiger partial charge in [-0.2, -0.15) is 0 Å². The molecule has 0 saturated carbocycles. The largest absolute Gasteiger partial charge is 0.490 e. The number of carbonyl (C=O) groups is 1. The summed E-state index contributed by atoms with van der Waals surface area (Å²) in [7, 11) is 2.00. The fourth-order valence-corrected chi connectivity index (χ4v) is 2.02. The Morgan fingerprint density at radius 1 is 1.42 bits per heavy atom. The Balaban J connectivity index is 1.99. The molecule has 1 aromatic carbocycles. The van der Waals surface area contributed by atoms with Gasteiger partial charge in [0, 0.05) is 18.7 Å². The van der Waals surface area contributed by atoms with Crippen LogP contribution in [0.3, 0.4) is 0 Å². The Morgan fingerprint density at radius 3 is 3.00 bits per heavy atom. The van der Waals surface area contributed by atoms with Crippen LogP contribution in [0, 0.1) is 0 Å². The van der Waals surface area contributed by atoms with Gasteiger partial charge in [0.2, 0.25) is 0 Å². The molecule has 0 amide bonds. The molecule has 98 valence electrons. The van der Waals surface area contributed by atoms with Crippen LogP contribution in [0.5, 0.6) is 5.75 Å². The molecule has 2 aromatic rings. The zero-order valence-electron chi connectivity index (χ0n) is 10.3. The van der Waals surface area contributed by atoms with Gasteiger partial charge in [-0.05, 0) is 18.2 Å². The average molecular weight is 260 g/mol. The maximum absolute atomic E-state index is 10.8. The maximum atomic E-state index is 10.8. The van der Waals surface area contributed by atoms with Crippen molar-refractivity contribution in [2.24, 2.45) is 0 Å². The van der Waals surface area contributed by atoms with Crippen LogP contribution < -0.4 is 9.64 Å². The third-order valence-corrected chi connectivity index (χ3v) is 3.07. The summed E-state index contributed by atoms with van der Waals surface area (Å²) in [6.07, 6.45) is 0. The molecular weight excluding hydrogens is 248 g/mol. The van der Waals surface area contributed by atoms with Gasteiger partial charge in [0.15, 0.2) is 11.5 Å². The van der Waals surface area contributed by atoms with Gasteiger partial charge < -0.3 is 19.3 Å². The number of aromatic nitrogens is 1. The van der Waals surface area contributed by atoms with Gasteiger partial charge in [-0.1, -0.05) is 5.16 Å². The van der Waals surface area contributed by atoms with E-state index in [0.29, 0.717) is 12.4 Å². The Morgan fingerprint density at radius 2 is 2.26 bits per heavy atom. The Labute approximate surface area is 109 Å². The van der Waals surface area contributed by atoms with Gasteiger partial charge >= 0.3 is 5.97 Å². The number of likely N-dealkylation sites (N-methyl/N-ethyl adjacent to an activating group) is 1. The van der Waals surface area contributed by atoms with Crippen LogP contribution in [0.2, 0.25) is 0 Å². The number of nitrogens with zero attached hydrogens (tertiary/aromatic N) is 2. The smallest absolute Gasteiger partial charge is 0.358 e. The molecule has 0 radical (unpaired) electrons. The minimum Gasteiger partial charge on any atom is -0.490 e. The summed E-state index contributed by atoms with van der Waals surface area (Å²) in [5.41, 5.74) is 1.65. The summed E-state index contributed by atoms with van der Waals surface area (Å²) in [4.78, 5) is 12.9. The van der Waals surface area contributed by atoms with E-state index in [1.165, 1.54) is 6.07 Å². The maximum Gasteiger partial charge on any atom is 0.358 e. The summed E-state index contributed by atoms with van der Waals surface area (Å²) in [5, 5.41) is 12.3. The van der Waals surface area contributed by atoms with Crippen molar-refractivity contribution in [2.75, 3.05) is 25.1 Å². The van der Waals surface area contributed by atoms with Crippen LogP contribution in [-0.2, 0) is 0 Å². The average Bonchev–Trinajstić information content (AvgIpc) is 2.88. The monoisotopic (exact) mass is 260 g/mol. The highest BCUT2D eigenvalue weighted by atomic mass is 16.5. The minimum absolute atomic E-state index is 0.106. The molecule has 6 heteroatoms. The number of rotatable bonds is 2. The minimum atomic E-state index is -1.11. The molecule has 0 atom stereocenters. The molecule has 3 rings (SSSR count). The zero-order chi connectivity index (χ0) is 13.4. The van der Waals surface area contributed by atoms with E-state index in [0.717, 1.165) is 23.5 Å². The van der Waals surface area contributed by atoms with Crippen LogP contribution >= 0.6 is 0 Å². The van der Waals surface area contributed by atoms with E-state index in [2.05, 4.69) is 10.1 Å². The van der Waals surface area contributed by atoms with Crippen LogP contribution in [0.1, 0.15) is 10.5 Å². The lowest BCUT2D eigenvalue weighted by atomic mass is 10.1. The van der Waals surface area contributed by atoms with Crippen molar-refractivity contribution in [1.29, 1.82) is 0 Å². The van der Waals surface area contributed by atoms with Gasteiger partial charge in [0.1, 0.15) is 12.4 Å². The van der Waals surface area contributed by atoms with Gasteiger partial charge in [0.05, 0.1) is 12.2 Å². The van der Waals surface area contributed by atoms with Crippen LogP contribution in [0.4, 0.5) is 5.69 Å². The lowest BCUT2D eigenvalue weighted by Gasteiger charge is -2.27. The fraction of sp³-hybridized carbons (Fsp3) is 0.231. The number of ether oxygens (including phenoxy) is 1. The second-order valence-electron chi connectivity index (χ2n) is 4.33. The number of carboxylic acid groups (broad SMARTS) is 1. The Bertz CT molecular complexity index is 635. The molecule has 0 fully saturated rings. The van der Waals surface area contributed by atoms with E-state index < -0.39 is 5.97 Å². The number of fused-ring (bicyclic) bond motifs is 1. The molecule has 0 unspecified atom stereocenters. The predicted octanol–water partition coefficient (Wildman–Crippen LogP) is 1.87. The number of hydrogen-bond acceptors (Lipinski definition) is 5. The standard InChI is InChI=1S/C13H12N2O4/c1-15-4-5-18-12-6-8(2-3-10(12)15)11-7-9(13(16)17)14-19-11/h2-3,6-7H,4-5H2,1H3,(H,16,17). The lowest BCUT2D eigenvalue weighted by molar-refractivity contribution is 0.0686. The van der Waals surface area contributed by atoms with Crippen molar-refractivity contribution in [3.63, 3.8) is 0 Å². The predicted molar refractivity (Wildman–Crippen MR) is 67.7 cm³/mol. The Kier molecular flexibility index (Phi) is 2.63. The molecule has 0 aliphatic carbocycles. The molecule has 2 heterocycles. The zero-order valence-corrected chi connectivity index (χ0v) is 10.3.